The molecule has 2 rings (SSSR count). The van der Waals surface area contributed by atoms with Crippen LogP contribution in [0.3, 0.4) is 0 Å². The van der Waals surface area contributed by atoms with Crippen LogP contribution >= 0.6 is 11.3 Å². The molecule has 0 atom stereocenters. The maximum absolute atomic E-state index is 8.49. The van der Waals surface area contributed by atoms with Gasteiger partial charge in [0.1, 0.15) is 17.1 Å². The Hall–Kier alpha value is -2.77. The quantitative estimate of drug-likeness (QED) is 0.634. The standard InChI is InChI=1S/C13H9N5OS/c1-9-2-4-10(5-3-9)13-17-16-12(20-13)8-19-18-11(6-14)7-15/h2-5H,8H2,1H3. The van der Waals surface area contributed by atoms with Gasteiger partial charge in [0.2, 0.25) is 0 Å². The van der Waals surface area contributed by atoms with E-state index in [9.17, 15) is 0 Å². The largest absolute Gasteiger partial charge is 0.387 e. The Morgan fingerprint density at radius 3 is 2.60 bits per heavy atom. The maximum Gasteiger partial charge on any atom is 0.256 e. The maximum atomic E-state index is 8.49. The van der Waals surface area contributed by atoms with Crippen LogP contribution in [-0.4, -0.2) is 15.9 Å². The van der Waals surface area contributed by atoms with E-state index in [-0.39, 0.29) is 12.3 Å². The van der Waals surface area contributed by atoms with Gasteiger partial charge in [-0.25, -0.2) is 0 Å². The molecule has 0 N–H and O–H groups in total. The summed E-state index contributed by atoms with van der Waals surface area (Å²) in [6, 6.07) is 11.2. The third-order valence-electron chi connectivity index (χ3n) is 2.32. The minimum Gasteiger partial charge on any atom is -0.387 e. The average molecular weight is 283 g/mol. The summed E-state index contributed by atoms with van der Waals surface area (Å²) in [7, 11) is 0. The summed E-state index contributed by atoms with van der Waals surface area (Å²) in [4.78, 5) is 4.88. The number of nitriles is 2. The molecule has 0 saturated carbocycles. The van der Waals surface area contributed by atoms with Crippen molar-refractivity contribution in [2.45, 2.75) is 13.5 Å². The zero-order chi connectivity index (χ0) is 14.4. The van der Waals surface area contributed by atoms with Gasteiger partial charge in [0, 0.05) is 5.56 Å². The lowest BCUT2D eigenvalue weighted by molar-refractivity contribution is 0.130. The molecular weight excluding hydrogens is 274 g/mol. The summed E-state index contributed by atoms with van der Waals surface area (Å²) in [5.41, 5.74) is 1.84. The van der Waals surface area contributed by atoms with Gasteiger partial charge in [0.15, 0.2) is 11.6 Å². The molecule has 7 heteroatoms. The first-order chi connectivity index (χ1) is 9.72. The second-order valence-corrected chi connectivity index (χ2v) is 4.87. The topological polar surface area (TPSA) is 94.9 Å². The smallest absolute Gasteiger partial charge is 0.256 e. The van der Waals surface area contributed by atoms with Crippen LogP contribution < -0.4 is 0 Å². The van der Waals surface area contributed by atoms with Gasteiger partial charge >= 0.3 is 0 Å². The van der Waals surface area contributed by atoms with Crippen molar-refractivity contribution < 1.29 is 4.84 Å². The van der Waals surface area contributed by atoms with Crippen molar-refractivity contribution in [3.63, 3.8) is 0 Å². The van der Waals surface area contributed by atoms with E-state index >= 15 is 0 Å². The van der Waals surface area contributed by atoms with Crippen molar-refractivity contribution in [2.24, 2.45) is 5.16 Å². The number of aryl methyl sites for hydroxylation is 1. The van der Waals surface area contributed by atoms with Crippen LogP contribution in [-0.2, 0) is 11.4 Å². The van der Waals surface area contributed by atoms with Gasteiger partial charge in [-0.3, -0.25) is 0 Å². The fraction of sp³-hybridized carbons (Fsp3) is 0.154. The molecule has 0 unspecified atom stereocenters. The Bertz CT molecular complexity index is 690. The van der Waals surface area contributed by atoms with E-state index in [2.05, 4.69) is 15.4 Å². The second kappa shape index (κ2) is 6.41. The average Bonchev–Trinajstić information content (AvgIpc) is 2.93. The molecule has 0 spiro atoms. The fourth-order valence-corrected chi connectivity index (χ4v) is 2.09. The van der Waals surface area contributed by atoms with Gasteiger partial charge in [-0.1, -0.05) is 46.3 Å². The molecule has 0 bridgehead atoms. The van der Waals surface area contributed by atoms with E-state index in [1.54, 1.807) is 12.1 Å². The van der Waals surface area contributed by atoms with Crippen LogP contribution in [0.4, 0.5) is 0 Å². The summed E-state index contributed by atoms with van der Waals surface area (Å²) in [6.07, 6.45) is 0. The zero-order valence-corrected chi connectivity index (χ0v) is 11.4. The first-order valence-electron chi connectivity index (χ1n) is 5.62. The molecule has 20 heavy (non-hydrogen) atoms. The Balaban J connectivity index is 2.03. The number of benzene rings is 1. The number of nitrogens with zero attached hydrogens (tertiary/aromatic N) is 5. The van der Waals surface area contributed by atoms with Crippen molar-refractivity contribution >= 4 is 17.0 Å². The highest BCUT2D eigenvalue weighted by molar-refractivity contribution is 7.14. The Morgan fingerprint density at radius 2 is 1.95 bits per heavy atom. The molecule has 6 nitrogen and oxygen atoms in total. The van der Waals surface area contributed by atoms with Crippen LogP contribution in [0.15, 0.2) is 29.4 Å². The molecule has 0 aliphatic carbocycles. The van der Waals surface area contributed by atoms with Crippen molar-refractivity contribution in [3.05, 3.63) is 34.8 Å². The third-order valence-corrected chi connectivity index (χ3v) is 3.27. The molecule has 0 fully saturated rings. The van der Waals surface area contributed by atoms with Gasteiger partial charge < -0.3 is 4.84 Å². The monoisotopic (exact) mass is 283 g/mol. The van der Waals surface area contributed by atoms with E-state index in [0.29, 0.717) is 5.01 Å². The number of hydrogen-bond donors (Lipinski definition) is 0. The predicted molar refractivity (Wildman–Crippen MR) is 73.5 cm³/mol. The van der Waals surface area contributed by atoms with Crippen LogP contribution in [0.5, 0.6) is 0 Å². The molecule has 1 aromatic carbocycles. The van der Waals surface area contributed by atoms with E-state index in [1.165, 1.54) is 16.9 Å². The summed E-state index contributed by atoms with van der Waals surface area (Å²) < 4.78 is 0. The third kappa shape index (κ3) is 3.37. The van der Waals surface area contributed by atoms with Crippen molar-refractivity contribution in [2.75, 3.05) is 0 Å². The van der Waals surface area contributed by atoms with Gasteiger partial charge in [-0.15, -0.1) is 10.2 Å². The van der Waals surface area contributed by atoms with E-state index < -0.39 is 0 Å². The molecule has 1 heterocycles. The minimum absolute atomic E-state index is 0.0798. The zero-order valence-electron chi connectivity index (χ0n) is 10.6. The molecule has 0 radical (unpaired) electrons. The van der Waals surface area contributed by atoms with Crippen LogP contribution in [0.25, 0.3) is 10.6 Å². The highest BCUT2D eigenvalue weighted by atomic mass is 32.1. The Kier molecular flexibility index (Phi) is 4.38. The van der Waals surface area contributed by atoms with Crippen LogP contribution in [0, 0.1) is 29.6 Å². The molecule has 0 amide bonds. The van der Waals surface area contributed by atoms with E-state index in [0.717, 1.165) is 10.6 Å². The number of hydrogen-bond acceptors (Lipinski definition) is 7. The van der Waals surface area contributed by atoms with Gasteiger partial charge in [-0.2, -0.15) is 10.5 Å². The van der Waals surface area contributed by atoms with Crippen LogP contribution in [0.2, 0.25) is 0 Å². The second-order valence-electron chi connectivity index (χ2n) is 3.80. The molecule has 0 saturated heterocycles. The number of oxime groups is 1. The minimum atomic E-state index is -0.326. The lowest BCUT2D eigenvalue weighted by Gasteiger charge is -1.95. The number of aromatic nitrogens is 2. The lowest BCUT2D eigenvalue weighted by Crippen LogP contribution is -1.92. The Labute approximate surface area is 119 Å². The SMILES string of the molecule is Cc1ccc(-c2nnc(CON=C(C#N)C#N)s2)cc1. The molecule has 1 aromatic heterocycles. The van der Waals surface area contributed by atoms with Crippen molar-refractivity contribution in [1.82, 2.24) is 10.2 Å². The highest BCUT2D eigenvalue weighted by Crippen LogP contribution is 2.24. The summed E-state index contributed by atoms with van der Waals surface area (Å²) in [5.74, 6) is 0. The summed E-state index contributed by atoms with van der Waals surface area (Å²) >= 11 is 1.38. The lowest BCUT2D eigenvalue weighted by atomic mass is 10.2. The van der Waals surface area contributed by atoms with E-state index in [1.807, 2.05) is 31.2 Å². The molecule has 98 valence electrons. The van der Waals surface area contributed by atoms with Crippen molar-refractivity contribution in [1.29, 1.82) is 10.5 Å². The predicted octanol–water partition coefficient (Wildman–Crippen LogP) is 2.43. The van der Waals surface area contributed by atoms with Crippen molar-refractivity contribution in [3.8, 4) is 22.7 Å². The highest BCUT2D eigenvalue weighted by Gasteiger charge is 2.07. The Morgan fingerprint density at radius 1 is 1.25 bits per heavy atom. The van der Waals surface area contributed by atoms with Gasteiger partial charge in [0.05, 0.1) is 0 Å². The van der Waals surface area contributed by atoms with E-state index in [4.69, 9.17) is 15.4 Å². The first kappa shape index (κ1) is 13.7. The summed E-state index contributed by atoms with van der Waals surface area (Å²) in [5, 5.41) is 29.8. The van der Waals surface area contributed by atoms with Gasteiger partial charge in [0.25, 0.3) is 5.71 Å². The van der Waals surface area contributed by atoms with Gasteiger partial charge in [-0.05, 0) is 6.92 Å². The molecule has 0 aliphatic heterocycles. The summed E-state index contributed by atoms with van der Waals surface area (Å²) in [6.45, 7) is 2.10. The van der Waals surface area contributed by atoms with Crippen LogP contribution in [0.1, 0.15) is 10.6 Å². The normalized spacial score (nSPS) is 9.35. The molecular formula is C13H9N5OS. The number of rotatable bonds is 4. The molecule has 2 aromatic rings. The fourth-order valence-electron chi connectivity index (χ4n) is 1.34. The first-order valence-corrected chi connectivity index (χ1v) is 6.44. The molecule has 0 aliphatic rings.